The number of rotatable bonds is 7. The van der Waals surface area contributed by atoms with Crippen molar-refractivity contribution in [2.75, 3.05) is 0 Å². The second-order valence-electron chi connectivity index (χ2n) is 11.6. The van der Waals surface area contributed by atoms with Crippen molar-refractivity contribution in [3.05, 3.63) is 182 Å². The van der Waals surface area contributed by atoms with E-state index in [1.165, 1.54) is 5.56 Å². The predicted molar refractivity (Wildman–Crippen MR) is 196 cm³/mol. The average Bonchev–Trinajstić information content (AvgIpc) is 3.19. The van der Waals surface area contributed by atoms with Crippen LogP contribution in [0.2, 0.25) is 0 Å². The minimum atomic E-state index is 0.629. The lowest BCUT2D eigenvalue weighted by molar-refractivity contribution is 1.07. The van der Waals surface area contributed by atoms with Crippen molar-refractivity contribution in [3.8, 4) is 78.8 Å². The highest BCUT2D eigenvalue weighted by Gasteiger charge is 2.14. The number of nitrogens with zero attached hydrogens (tertiary/aromatic N) is 4. The fraction of sp³-hybridized carbons (Fsp3) is 0. The molecule has 8 aromatic rings. The second kappa shape index (κ2) is 13.1. The molecule has 4 nitrogen and oxygen atoms in total. The smallest absolute Gasteiger partial charge is 0.164 e. The highest BCUT2D eigenvalue weighted by Crippen LogP contribution is 2.31. The molecule has 0 saturated carbocycles. The van der Waals surface area contributed by atoms with Crippen LogP contribution < -0.4 is 0 Å². The van der Waals surface area contributed by atoms with Crippen molar-refractivity contribution in [3.63, 3.8) is 0 Å². The molecule has 0 aliphatic heterocycles. The normalized spacial score (nSPS) is 10.9. The van der Waals surface area contributed by atoms with Crippen molar-refractivity contribution in [1.29, 1.82) is 0 Å². The molecule has 0 fully saturated rings. The van der Waals surface area contributed by atoms with Gasteiger partial charge in [-0.1, -0.05) is 158 Å². The van der Waals surface area contributed by atoms with Crippen LogP contribution in [0.1, 0.15) is 0 Å². The van der Waals surface area contributed by atoms with Gasteiger partial charge in [0.15, 0.2) is 17.5 Å². The molecule has 0 atom stereocenters. The maximum atomic E-state index is 5.00. The third kappa shape index (κ3) is 6.15. The summed E-state index contributed by atoms with van der Waals surface area (Å²) in [6.45, 7) is 0. The molecule has 4 heteroatoms. The summed E-state index contributed by atoms with van der Waals surface area (Å²) in [6.07, 6.45) is 1.95. The van der Waals surface area contributed by atoms with Crippen LogP contribution in [0.5, 0.6) is 0 Å². The molecule has 8 rings (SSSR count). The third-order valence-corrected chi connectivity index (χ3v) is 8.40. The van der Waals surface area contributed by atoms with E-state index in [9.17, 15) is 0 Å². The lowest BCUT2D eigenvalue weighted by atomic mass is 9.98. The first-order valence-corrected chi connectivity index (χ1v) is 16.0. The Bertz CT molecular complexity index is 2300. The fourth-order valence-corrected chi connectivity index (χ4v) is 5.85. The van der Waals surface area contributed by atoms with Gasteiger partial charge in [-0.05, 0) is 46.0 Å². The van der Waals surface area contributed by atoms with Gasteiger partial charge < -0.3 is 0 Å². The molecule has 0 aliphatic rings. The Labute approximate surface area is 280 Å². The summed E-state index contributed by atoms with van der Waals surface area (Å²) in [5.41, 5.74) is 11.6. The van der Waals surface area contributed by atoms with E-state index in [0.717, 1.165) is 55.8 Å². The van der Waals surface area contributed by atoms with Gasteiger partial charge in [0.1, 0.15) is 0 Å². The molecule has 0 bridgehead atoms. The Balaban J connectivity index is 1.14. The molecule has 0 radical (unpaired) electrons. The Kier molecular flexibility index (Phi) is 7.87. The Morgan fingerprint density at radius 1 is 0.250 bits per heavy atom. The summed E-state index contributed by atoms with van der Waals surface area (Å²) >= 11 is 0. The Morgan fingerprint density at radius 3 is 1.19 bits per heavy atom. The van der Waals surface area contributed by atoms with E-state index in [1.54, 1.807) is 0 Å². The molecule has 0 unspecified atom stereocenters. The topological polar surface area (TPSA) is 51.6 Å². The van der Waals surface area contributed by atoms with Crippen molar-refractivity contribution in [2.45, 2.75) is 0 Å². The van der Waals surface area contributed by atoms with Gasteiger partial charge in [-0.3, -0.25) is 4.98 Å². The molecule has 0 amide bonds. The number of hydrogen-bond acceptors (Lipinski definition) is 4. The van der Waals surface area contributed by atoms with Crippen LogP contribution in [-0.4, -0.2) is 19.9 Å². The monoisotopic (exact) mass is 614 g/mol. The lowest BCUT2D eigenvalue weighted by Gasteiger charge is -2.11. The molecule has 0 saturated heterocycles. The van der Waals surface area contributed by atoms with Crippen LogP contribution >= 0.6 is 0 Å². The Hall–Kier alpha value is -6.52. The average molecular weight is 615 g/mol. The largest absolute Gasteiger partial charge is 0.256 e. The first-order chi connectivity index (χ1) is 23.8. The van der Waals surface area contributed by atoms with E-state index < -0.39 is 0 Å². The standard InChI is InChI=1S/C44H30N4/c1-4-12-31(13-5-1)32-22-24-35(25-23-32)43-46-42(34-16-8-3-9-17-34)47-44(48-43)39-21-11-19-37(29-39)36-18-10-20-38(28-36)40-26-27-41(45-30-40)33-14-6-2-7-15-33/h1-30H. The van der Waals surface area contributed by atoms with Crippen LogP contribution in [0.25, 0.3) is 78.8 Å². The van der Waals surface area contributed by atoms with Crippen molar-refractivity contribution in [1.82, 2.24) is 19.9 Å². The zero-order valence-corrected chi connectivity index (χ0v) is 26.1. The number of hydrogen-bond donors (Lipinski definition) is 0. The summed E-state index contributed by atoms with van der Waals surface area (Å²) in [7, 11) is 0. The van der Waals surface area contributed by atoms with Gasteiger partial charge in [-0.2, -0.15) is 0 Å². The van der Waals surface area contributed by atoms with Crippen molar-refractivity contribution >= 4 is 0 Å². The first-order valence-electron chi connectivity index (χ1n) is 16.0. The maximum Gasteiger partial charge on any atom is 0.164 e. The summed E-state index contributed by atoms with van der Waals surface area (Å²) in [6, 6.07) is 60.3. The molecule has 2 heterocycles. The highest BCUT2D eigenvalue weighted by molar-refractivity contribution is 5.77. The highest BCUT2D eigenvalue weighted by atomic mass is 15.0. The van der Waals surface area contributed by atoms with Gasteiger partial charge >= 0.3 is 0 Å². The summed E-state index contributed by atoms with van der Waals surface area (Å²) < 4.78 is 0. The number of benzene rings is 6. The molecule has 0 N–H and O–H groups in total. The number of aromatic nitrogens is 4. The first kappa shape index (κ1) is 28.9. The molecule has 2 aromatic heterocycles. The van der Waals surface area contributed by atoms with E-state index in [4.69, 9.17) is 19.9 Å². The molecule has 226 valence electrons. The van der Waals surface area contributed by atoms with Gasteiger partial charge in [0, 0.05) is 34.0 Å². The molecule has 0 spiro atoms. The molecule has 0 aliphatic carbocycles. The SMILES string of the molecule is c1ccc(-c2ccc(-c3nc(-c4ccccc4)nc(-c4cccc(-c5cccc(-c6ccc(-c7ccccc7)nc6)c5)c4)n3)cc2)cc1. The van der Waals surface area contributed by atoms with Gasteiger partial charge in [-0.25, -0.2) is 15.0 Å². The van der Waals surface area contributed by atoms with Crippen LogP contribution in [0.15, 0.2) is 182 Å². The maximum absolute atomic E-state index is 5.00. The van der Waals surface area contributed by atoms with Gasteiger partial charge in [0.05, 0.1) is 5.69 Å². The van der Waals surface area contributed by atoms with E-state index >= 15 is 0 Å². The van der Waals surface area contributed by atoms with Gasteiger partial charge in [-0.15, -0.1) is 0 Å². The van der Waals surface area contributed by atoms with E-state index in [-0.39, 0.29) is 0 Å². The fourth-order valence-electron chi connectivity index (χ4n) is 5.85. The van der Waals surface area contributed by atoms with Gasteiger partial charge in [0.2, 0.25) is 0 Å². The number of pyridine rings is 1. The summed E-state index contributed by atoms with van der Waals surface area (Å²) in [5.74, 6) is 1.91. The van der Waals surface area contributed by atoms with Crippen LogP contribution in [0.3, 0.4) is 0 Å². The zero-order valence-electron chi connectivity index (χ0n) is 26.1. The second-order valence-corrected chi connectivity index (χ2v) is 11.6. The predicted octanol–water partition coefficient (Wildman–Crippen LogP) is 10.9. The van der Waals surface area contributed by atoms with E-state index in [0.29, 0.717) is 17.5 Å². The van der Waals surface area contributed by atoms with Crippen LogP contribution in [-0.2, 0) is 0 Å². The van der Waals surface area contributed by atoms with E-state index in [2.05, 4.69) is 121 Å². The quantitative estimate of drug-likeness (QED) is 0.179. The van der Waals surface area contributed by atoms with Crippen LogP contribution in [0.4, 0.5) is 0 Å². The zero-order chi connectivity index (χ0) is 32.1. The minimum absolute atomic E-state index is 0.629. The van der Waals surface area contributed by atoms with Crippen LogP contribution in [0, 0.1) is 0 Å². The van der Waals surface area contributed by atoms with E-state index in [1.807, 2.05) is 60.8 Å². The molecular weight excluding hydrogens is 585 g/mol. The van der Waals surface area contributed by atoms with Crippen molar-refractivity contribution < 1.29 is 0 Å². The lowest BCUT2D eigenvalue weighted by Crippen LogP contribution is -2.00. The minimum Gasteiger partial charge on any atom is -0.256 e. The molecule has 48 heavy (non-hydrogen) atoms. The molecule has 6 aromatic carbocycles. The van der Waals surface area contributed by atoms with Crippen molar-refractivity contribution in [2.24, 2.45) is 0 Å². The molecular formula is C44H30N4. The third-order valence-electron chi connectivity index (χ3n) is 8.40. The summed E-state index contributed by atoms with van der Waals surface area (Å²) in [5, 5.41) is 0. The Morgan fingerprint density at radius 2 is 0.625 bits per heavy atom. The van der Waals surface area contributed by atoms with Gasteiger partial charge in [0.25, 0.3) is 0 Å². The summed E-state index contributed by atoms with van der Waals surface area (Å²) in [4.78, 5) is 19.6.